The standard InChI is InChI=1S/C14H22N2O7/c1-8(13(20)21)16-11-4-14(22,7-18)3-10(12(11)23-2)15-5-9(19)6-17/h5,8,15,17-19,22H,3-4,6-7H2,1-2H3,(H,20,21)/b9-5+,16-11?. The smallest absolute Gasteiger partial charge is 0.328 e. The van der Waals surface area contributed by atoms with E-state index in [9.17, 15) is 20.1 Å². The van der Waals surface area contributed by atoms with Gasteiger partial charge >= 0.3 is 5.97 Å². The number of carbonyl (C=O) groups is 1. The summed E-state index contributed by atoms with van der Waals surface area (Å²) < 4.78 is 5.23. The molecule has 0 aromatic carbocycles. The molecule has 0 aromatic heterocycles. The van der Waals surface area contributed by atoms with E-state index in [-0.39, 0.29) is 30.1 Å². The molecule has 23 heavy (non-hydrogen) atoms. The molecule has 0 aromatic rings. The molecule has 0 heterocycles. The topological polar surface area (TPSA) is 152 Å². The second-order valence-corrected chi connectivity index (χ2v) is 5.28. The van der Waals surface area contributed by atoms with Gasteiger partial charge in [0.1, 0.15) is 18.4 Å². The van der Waals surface area contributed by atoms with Crippen LogP contribution in [0.5, 0.6) is 0 Å². The highest BCUT2D eigenvalue weighted by molar-refractivity contribution is 6.01. The Bertz CT molecular complexity index is 541. The lowest BCUT2D eigenvalue weighted by Crippen LogP contribution is -2.43. The lowest BCUT2D eigenvalue weighted by atomic mass is 9.85. The van der Waals surface area contributed by atoms with Gasteiger partial charge in [-0.05, 0) is 6.92 Å². The largest absolute Gasteiger partial charge is 0.508 e. The van der Waals surface area contributed by atoms with Gasteiger partial charge < -0.3 is 35.6 Å². The fourth-order valence-electron chi connectivity index (χ4n) is 2.12. The van der Waals surface area contributed by atoms with Crippen LogP contribution in [0, 0.1) is 0 Å². The van der Waals surface area contributed by atoms with Crippen LogP contribution in [0.15, 0.2) is 28.4 Å². The number of methoxy groups -OCH3 is 1. The van der Waals surface area contributed by atoms with Gasteiger partial charge in [0, 0.05) is 19.0 Å². The molecule has 0 saturated carbocycles. The fraction of sp³-hybridized carbons (Fsp3) is 0.571. The zero-order valence-corrected chi connectivity index (χ0v) is 13.0. The number of rotatable bonds is 7. The zero-order chi connectivity index (χ0) is 17.6. The van der Waals surface area contributed by atoms with Crippen molar-refractivity contribution in [1.82, 2.24) is 5.32 Å². The Morgan fingerprint density at radius 3 is 2.57 bits per heavy atom. The summed E-state index contributed by atoms with van der Waals surface area (Å²) in [6.07, 6.45) is 1.00. The van der Waals surface area contributed by atoms with Crippen LogP contribution < -0.4 is 5.32 Å². The van der Waals surface area contributed by atoms with Gasteiger partial charge in [-0.1, -0.05) is 0 Å². The summed E-state index contributed by atoms with van der Waals surface area (Å²) in [6.45, 7) is 0.231. The van der Waals surface area contributed by atoms with Crippen molar-refractivity contribution in [3.8, 4) is 0 Å². The number of carboxylic acids is 1. The highest BCUT2D eigenvalue weighted by Gasteiger charge is 2.38. The van der Waals surface area contributed by atoms with E-state index >= 15 is 0 Å². The van der Waals surface area contributed by atoms with E-state index in [2.05, 4.69) is 10.3 Å². The molecule has 9 heteroatoms. The average Bonchev–Trinajstić information content (AvgIpc) is 2.52. The first-order valence-corrected chi connectivity index (χ1v) is 6.92. The Kier molecular flexibility index (Phi) is 6.55. The quantitative estimate of drug-likeness (QED) is 0.334. The number of carboxylic acid groups (broad SMARTS) is 1. The van der Waals surface area contributed by atoms with E-state index in [1.54, 1.807) is 0 Å². The number of nitrogens with one attached hydrogen (secondary N) is 1. The number of allylic oxidation sites excluding steroid dienone is 1. The van der Waals surface area contributed by atoms with E-state index in [1.165, 1.54) is 14.0 Å². The van der Waals surface area contributed by atoms with E-state index in [0.717, 1.165) is 6.20 Å². The van der Waals surface area contributed by atoms with E-state index < -0.39 is 30.8 Å². The Morgan fingerprint density at radius 1 is 1.43 bits per heavy atom. The second kappa shape index (κ2) is 7.95. The van der Waals surface area contributed by atoms with Gasteiger partial charge in [0.25, 0.3) is 0 Å². The highest BCUT2D eigenvalue weighted by Crippen LogP contribution is 2.30. The molecule has 0 amide bonds. The van der Waals surface area contributed by atoms with Gasteiger partial charge in [-0.15, -0.1) is 0 Å². The van der Waals surface area contributed by atoms with E-state index in [0.29, 0.717) is 5.70 Å². The van der Waals surface area contributed by atoms with Crippen molar-refractivity contribution in [2.45, 2.75) is 31.4 Å². The SMILES string of the molecule is COC1=C(N/C=C(/O)CO)CC(O)(CO)CC1=NC(C)C(=O)O. The first-order chi connectivity index (χ1) is 10.8. The summed E-state index contributed by atoms with van der Waals surface area (Å²) in [7, 11) is 1.36. The molecule has 130 valence electrons. The molecular formula is C14H22N2O7. The third kappa shape index (κ3) is 4.95. The summed E-state index contributed by atoms with van der Waals surface area (Å²) in [6, 6.07) is -1.06. The average molecular weight is 330 g/mol. The predicted octanol–water partition coefficient (Wildman–Crippen LogP) is -0.743. The number of aliphatic imine (C=N–C) groups is 1. The number of aliphatic hydroxyl groups excluding tert-OH is 3. The van der Waals surface area contributed by atoms with Gasteiger partial charge in [0.05, 0.1) is 30.7 Å². The molecule has 0 fully saturated rings. The molecule has 1 aliphatic carbocycles. The second-order valence-electron chi connectivity index (χ2n) is 5.28. The maximum atomic E-state index is 11.0. The predicted molar refractivity (Wildman–Crippen MR) is 80.8 cm³/mol. The third-order valence-corrected chi connectivity index (χ3v) is 3.32. The summed E-state index contributed by atoms with van der Waals surface area (Å²) in [5.74, 6) is -1.26. The number of aliphatic carboxylic acids is 1. The van der Waals surface area contributed by atoms with E-state index in [4.69, 9.17) is 14.9 Å². The summed E-state index contributed by atoms with van der Waals surface area (Å²) in [4.78, 5) is 15.0. The van der Waals surface area contributed by atoms with Crippen LogP contribution in [-0.2, 0) is 9.53 Å². The number of nitrogens with zero attached hydrogens (tertiary/aromatic N) is 1. The Hall–Kier alpha value is -2.10. The Labute approximate surface area is 133 Å². The highest BCUT2D eigenvalue weighted by atomic mass is 16.5. The zero-order valence-electron chi connectivity index (χ0n) is 13.0. The van der Waals surface area contributed by atoms with Crippen LogP contribution >= 0.6 is 0 Å². The Morgan fingerprint density at radius 2 is 2.09 bits per heavy atom. The first-order valence-electron chi connectivity index (χ1n) is 6.92. The summed E-state index contributed by atoms with van der Waals surface area (Å²) in [5, 5.41) is 49.5. The van der Waals surface area contributed by atoms with Gasteiger partial charge in [0.2, 0.25) is 0 Å². The van der Waals surface area contributed by atoms with E-state index in [1.807, 2.05) is 0 Å². The number of hydrogen-bond donors (Lipinski definition) is 6. The minimum absolute atomic E-state index is 0.0254. The van der Waals surface area contributed by atoms with Crippen molar-refractivity contribution in [3.63, 3.8) is 0 Å². The maximum Gasteiger partial charge on any atom is 0.328 e. The van der Waals surface area contributed by atoms with Crippen molar-refractivity contribution in [2.75, 3.05) is 20.3 Å². The van der Waals surface area contributed by atoms with Gasteiger partial charge in [0.15, 0.2) is 5.76 Å². The normalized spacial score (nSPS) is 25.4. The molecule has 6 N–H and O–H groups in total. The number of hydrogen-bond acceptors (Lipinski definition) is 8. The van der Waals surface area contributed by atoms with Gasteiger partial charge in [-0.2, -0.15) is 0 Å². The van der Waals surface area contributed by atoms with Crippen molar-refractivity contribution in [3.05, 3.63) is 23.4 Å². The molecule has 2 unspecified atom stereocenters. The van der Waals surface area contributed by atoms with Gasteiger partial charge in [-0.3, -0.25) is 4.99 Å². The minimum atomic E-state index is -1.54. The van der Waals surface area contributed by atoms with Crippen LogP contribution in [0.1, 0.15) is 19.8 Å². The van der Waals surface area contributed by atoms with Crippen LogP contribution in [-0.4, -0.2) is 69.2 Å². The van der Waals surface area contributed by atoms with Gasteiger partial charge in [-0.25, -0.2) is 4.79 Å². The van der Waals surface area contributed by atoms with Crippen LogP contribution in [0.4, 0.5) is 0 Å². The van der Waals surface area contributed by atoms with Crippen LogP contribution in [0.3, 0.4) is 0 Å². The van der Waals surface area contributed by atoms with Crippen molar-refractivity contribution in [1.29, 1.82) is 0 Å². The summed E-state index contributed by atoms with van der Waals surface area (Å²) >= 11 is 0. The molecule has 0 saturated heterocycles. The molecule has 0 aliphatic heterocycles. The number of ether oxygens (including phenoxy) is 1. The minimum Gasteiger partial charge on any atom is -0.508 e. The molecule has 0 radical (unpaired) electrons. The molecular weight excluding hydrogens is 308 g/mol. The third-order valence-electron chi connectivity index (χ3n) is 3.32. The first kappa shape index (κ1) is 18.9. The maximum absolute atomic E-state index is 11.0. The molecule has 0 bridgehead atoms. The van der Waals surface area contributed by atoms with Crippen LogP contribution in [0.2, 0.25) is 0 Å². The summed E-state index contributed by atoms with van der Waals surface area (Å²) in [5.41, 5.74) is -1.05. The lowest BCUT2D eigenvalue weighted by Gasteiger charge is -2.33. The van der Waals surface area contributed by atoms with Crippen LogP contribution in [0.25, 0.3) is 0 Å². The molecule has 2 atom stereocenters. The molecule has 9 nitrogen and oxygen atoms in total. The van der Waals surface area contributed by atoms with Crippen molar-refractivity contribution >= 4 is 11.7 Å². The fourth-order valence-corrected chi connectivity index (χ4v) is 2.12. The molecule has 0 spiro atoms. The molecule has 1 rings (SSSR count). The number of aliphatic hydroxyl groups is 4. The molecule has 1 aliphatic rings. The van der Waals surface area contributed by atoms with Crippen molar-refractivity contribution < 1.29 is 35.1 Å². The Balaban J connectivity index is 3.27. The lowest BCUT2D eigenvalue weighted by molar-refractivity contribution is -0.138. The monoisotopic (exact) mass is 330 g/mol. The van der Waals surface area contributed by atoms with Crippen molar-refractivity contribution in [2.24, 2.45) is 4.99 Å².